The third-order valence-corrected chi connectivity index (χ3v) is 4.86. The molecule has 20 heavy (non-hydrogen) atoms. The van der Waals surface area contributed by atoms with Crippen LogP contribution in [0.5, 0.6) is 0 Å². The summed E-state index contributed by atoms with van der Waals surface area (Å²) in [6.07, 6.45) is 6.46. The number of anilines is 2. The number of benzene rings is 1. The van der Waals surface area contributed by atoms with E-state index in [1.807, 2.05) is 4.90 Å². The first-order valence-corrected chi connectivity index (χ1v) is 7.83. The zero-order valence-electron chi connectivity index (χ0n) is 12.5. The zero-order chi connectivity index (χ0) is 14.1. The summed E-state index contributed by atoms with van der Waals surface area (Å²) in [4.78, 5) is 13.4. The van der Waals surface area contributed by atoms with Crippen LogP contribution in [-0.2, 0) is 11.2 Å². The van der Waals surface area contributed by atoms with Gasteiger partial charge in [-0.1, -0.05) is 12.8 Å². The molecular weight excluding hydrogens is 248 g/mol. The molecule has 1 N–H and O–H groups in total. The van der Waals surface area contributed by atoms with Crippen molar-refractivity contribution in [2.45, 2.75) is 52.0 Å². The smallest absolute Gasteiger partial charge is 0.223 e. The van der Waals surface area contributed by atoms with Gasteiger partial charge in [0.1, 0.15) is 0 Å². The van der Waals surface area contributed by atoms with Crippen molar-refractivity contribution in [3.05, 3.63) is 23.8 Å². The number of hydrogen-bond donors (Lipinski definition) is 1. The molecule has 1 unspecified atom stereocenters. The molecule has 1 amide bonds. The second-order valence-electron chi connectivity index (χ2n) is 6.24. The number of carbonyl (C=O) groups excluding carboxylic acids is 1. The van der Waals surface area contributed by atoms with Gasteiger partial charge in [0.05, 0.1) is 0 Å². The maximum Gasteiger partial charge on any atom is 0.223 e. The molecule has 0 aromatic heterocycles. The molecule has 1 fully saturated rings. The van der Waals surface area contributed by atoms with Crippen LogP contribution in [0.25, 0.3) is 0 Å². The molecule has 1 aromatic rings. The van der Waals surface area contributed by atoms with Gasteiger partial charge in [0, 0.05) is 30.9 Å². The highest BCUT2D eigenvalue weighted by Crippen LogP contribution is 2.33. The van der Waals surface area contributed by atoms with Gasteiger partial charge >= 0.3 is 0 Å². The van der Waals surface area contributed by atoms with E-state index in [2.05, 4.69) is 30.4 Å². The Hall–Kier alpha value is -1.51. The quantitative estimate of drug-likeness (QED) is 0.912. The molecule has 3 heteroatoms. The minimum Gasteiger partial charge on any atom is -0.382 e. The highest BCUT2D eigenvalue weighted by molar-refractivity contribution is 5.94. The van der Waals surface area contributed by atoms with Crippen molar-refractivity contribution in [1.82, 2.24) is 0 Å². The van der Waals surface area contributed by atoms with Crippen LogP contribution in [0.1, 0.15) is 45.1 Å². The van der Waals surface area contributed by atoms with E-state index in [0.717, 1.165) is 24.6 Å². The summed E-state index contributed by atoms with van der Waals surface area (Å²) >= 11 is 0. The fraction of sp³-hybridized carbons (Fsp3) is 0.588. The molecule has 0 spiro atoms. The summed E-state index contributed by atoms with van der Waals surface area (Å²) in [6, 6.07) is 6.98. The molecule has 0 bridgehead atoms. The Morgan fingerprint density at radius 3 is 2.80 bits per heavy atom. The van der Waals surface area contributed by atoms with Gasteiger partial charge in [-0.15, -0.1) is 0 Å². The van der Waals surface area contributed by atoms with Crippen molar-refractivity contribution in [1.29, 1.82) is 0 Å². The fourth-order valence-electron chi connectivity index (χ4n) is 3.66. The van der Waals surface area contributed by atoms with Gasteiger partial charge < -0.3 is 10.2 Å². The van der Waals surface area contributed by atoms with Crippen LogP contribution in [0.15, 0.2) is 18.2 Å². The first-order chi connectivity index (χ1) is 9.65. The lowest BCUT2D eigenvalue weighted by atomic mass is 9.99. The average molecular weight is 272 g/mol. The van der Waals surface area contributed by atoms with Crippen molar-refractivity contribution >= 4 is 17.3 Å². The van der Waals surface area contributed by atoms with Crippen molar-refractivity contribution in [2.75, 3.05) is 16.8 Å². The Morgan fingerprint density at radius 1 is 1.35 bits per heavy atom. The Balaban J connectivity index is 1.71. The Bertz CT molecular complexity index is 506. The number of nitrogens with zero attached hydrogens (tertiary/aromatic N) is 1. The molecule has 3 rings (SSSR count). The second kappa shape index (κ2) is 5.47. The van der Waals surface area contributed by atoms with Gasteiger partial charge in [-0.25, -0.2) is 0 Å². The maximum atomic E-state index is 11.6. The minimum atomic E-state index is 0.142. The van der Waals surface area contributed by atoms with Crippen molar-refractivity contribution in [3.63, 3.8) is 0 Å². The number of amides is 1. The van der Waals surface area contributed by atoms with Crippen LogP contribution in [-0.4, -0.2) is 18.5 Å². The van der Waals surface area contributed by atoms with Crippen LogP contribution >= 0.6 is 0 Å². The highest BCUT2D eigenvalue weighted by atomic mass is 16.2. The predicted molar refractivity (Wildman–Crippen MR) is 83.2 cm³/mol. The van der Waals surface area contributed by atoms with Crippen LogP contribution in [0, 0.1) is 5.92 Å². The molecule has 0 radical (unpaired) electrons. The molecule has 1 aromatic carbocycles. The van der Waals surface area contributed by atoms with Gasteiger partial charge in [-0.2, -0.15) is 0 Å². The second-order valence-corrected chi connectivity index (χ2v) is 6.24. The lowest BCUT2D eigenvalue weighted by Crippen LogP contribution is -2.25. The molecule has 3 nitrogen and oxygen atoms in total. The summed E-state index contributed by atoms with van der Waals surface area (Å²) in [6.45, 7) is 4.76. The standard InChI is InChI=1S/C17H24N2O/c1-12(14-5-3-4-6-14)18-16-7-8-17-15(11-16)9-10-19(17)13(2)20/h7-8,11-12,14,18H,3-6,9-10H2,1-2H3. The Labute approximate surface area is 121 Å². The highest BCUT2D eigenvalue weighted by Gasteiger charge is 2.24. The third-order valence-electron chi connectivity index (χ3n) is 4.86. The summed E-state index contributed by atoms with van der Waals surface area (Å²) in [5.41, 5.74) is 3.59. The molecule has 1 saturated carbocycles. The molecule has 0 saturated heterocycles. The van der Waals surface area contributed by atoms with E-state index >= 15 is 0 Å². The number of carbonyl (C=O) groups is 1. The SMILES string of the molecule is CC(=O)N1CCc2cc(NC(C)C3CCCC3)ccc21. The summed E-state index contributed by atoms with van der Waals surface area (Å²) < 4.78 is 0. The van der Waals surface area contributed by atoms with Gasteiger partial charge in [-0.3, -0.25) is 4.79 Å². The summed E-state index contributed by atoms with van der Waals surface area (Å²) in [5, 5.41) is 3.65. The van der Waals surface area contributed by atoms with E-state index in [9.17, 15) is 4.79 Å². The monoisotopic (exact) mass is 272 g/mol. The third kappa shape index (κ3) is 2.54. The normalized spacial score (nSPS) is 20.0. The van der Waals surface area contributed by atoms with Crippen LogP contribution < -0.4 is 10.2 Å². The minimum absolute atomic E-state index is 0.142. The maximum absolute atomic E-state index is 11.6. The van der Waals surface area contributed by atoms with Crippen molar-refractivity contribution in [2.24, 2.45) is 5.92 Å². The van der Waals surface area contributed by atoms with Crippen LogP contribution in [0.2, 0.25) is 0 Å². The Kier molecular flexibility index (Phi) is 3.68. The average Bonchev–Trinajstić information content (AvgIpc) is 3.07. The summed E-state index contributed by atoms with van der Waals surface area (Å²) in [5.74, 6) is 0.959. The molecule has 1 aliphatic heterocycles. The fourth-order valence-corrected chi connectivity index (χ4v) is 3.66. The van der Waals surface area contributed by atoms with Gasteiger partial charge in [-0.05, 0) is 55.9 Å². The lowest BCUT2D eigenvalue weighted by molar-refractivity contribution is -0.116. The molecule has 108 valence electrons. The van der Waals surface area contributed by atoms with E-state index in [0.29, 0.717) is 6.04 Å². The van der Waals surface area contributed by atoms with Gasteiger partial charge in [0.2, 0.25) is 5.91 Å². The van der Waals surface area contributed by atoms with Crippen molar-refractivity contribution in [3.8, 4) is 0 Å². The van der Waals surface area contributed by atoms with E-state index in [4.69, 9.17) is 0 Å². The molecule has 2 aliphatic rings. The van der Waals surface area contributed by atoms with E-state index in [1.165, 1.54) is 36.9 Å². The van der Waals surface area contributed by atoms with Gasteiger partial charge in [0.15, 0.2) is 0 Å². The molecular formula is C17H24N2O. The number of nitrogens with one attached hydrogen (secondary N) is 1. The van der Waals surface area contributed by atoms with E-state index < -0.39 is 0 Å². The van der Waals surface area contributed by atoms with Crippen molar-refractivity contribution < 1.29 is 4.79 Å². The number of fused-ring (bicyclic) bond motifs is 1. The zero-order valence-corrected chi connectivity index (χ0v) is 12.5. The molecule has 1 heterocycles. The molecule has 1 atom stereocenters. The van der Waals surface area contributed by atoms with Gasteiger partial charge in [0.25, 0.3) is 0 Å². The first-order valence-electron chi connectivity index (χ1n) is 7.83. The number of hydrogen-bond acceptors (Lipinski definition) is 2. The van der Waals surface area contributed by atoms with Crippen LogP contribution in [0.3, 0.4) is 0 Å². The van der Waals surface area contributed by atoms with E-state index in [1.54, 1.807) is 6.92 Å². The topological polar surface area (TPSA) is 32.3 Å². The Morgan fingerprint density at radius 2 is 2.10 bits per heavy atom. The largest absolute Gasteiger partial charge is 0.382 e. The molecule has 1 aliphatic carbocycles. The summed E-state index contributed by atoms with van der Waals surface area (Å²) in [7, 11) is 0. The van der Waals surface area contributed by atoms with E-state index in [-0.39, 0.29) is 5.91 Å². The predicted octanol–water partition coefficient (Wildman–Crippen LogP) is 3.59. The lowest BCUT2D eigenvalue weighted by Gasteiger charge is -2.22. The number of rotatable bonds is 3. The first kappa shape index (κ1) is 13.5. The van der Waals surface area contributed by atoms with Crippen LogP contribution in [0.4, 0.5) is 11.4 Å².